The number of carboxylic acid groups (broad SMARTS) is 1. The maximum atomic E-state index is 12.1. The lowest BCUT2D eigenvalue weighted by molar-refractivity contribution is -0.149. The van der Waals surface area contributed by atoms with Crippen LogP contribution in [0.25, 0.3) is 0 Å². The fourth-order valence-corrected chi connectivity index (χ4v) is 1.92. The number of hydrogen-bond donors (Lipinski definition) is 3. The quantitative estimate of drug-likeness (QED) is 0.644. The standard InChI is InChI=1S/C12H22N2O3/c1-4-12(13,5-2)9(15)14-11(3,10(16)17)8-6-7-8/h8H,4-7,13H2,1-3H3,(H,14,15)(H,16,17). The second-order valence-electron chi connectivity index (χ2n) is 5.10. The van der Waals surface area contributed by atoms with Crippen LogP contribution in [0.4, 0.5) is 0 Å². The molecule has 0 spiro atoms. The lowest BCUT2D eigenvalue weighted by Crippen LogP contribution is -2.62. The zero-order valence-electron chi connectivity index (χ0n) is 10.7. The molecule has 1 rings (SSSR count). The minimum Gasteiger partial charge on any atom is -0.480 e. The summed E-state index contributed by atoms with van der Waals surface area (Å²) >= 11 is 0. The van der Waals surface area contributed by atoms with E-state index in [4.69, 9.17) is 5.73 Å². The van der Waals surface area contributed by atoms with E-state index in [-0.39, 0.29) is 11.8 Å². The molecular weight excluding hydrogens is 220 g/mol. The maximum Gasteiger partial charge on any atom is 0.329 e. The highest BCUT2D eigenvalue weighted by Crippen LogP contribution is 2.40. The van der Waals surface area contributed by atoms with E-state index < -0.39 is 17.0 Å². The Kier molecular flexibility index (Phi) is 3.81. The van der Waals surface area contributed by atoms with Crippen molar-refractivity contribution < 1.29 is 14.7 Å². The third-order valence-electron chi connectivity index (χ3n) is 3.93. The van der Waals surface area contributed by atoms with Crippen LogP contribution in [0.3, 0.4) is 0 Å². The van der Waals surface area contributed by atoms with Gasteiger partial charge in [0.15, 0.2) is 0 Å². The zero-order chi connectivity index (χ0) is 13.3. The lowest BCUT2D eigenvalue weighted by atomic mass is 9.89. The molecule has 1 amide bonds. The van der Waals surface area contributed by atoms with Crippen molar-refractivity contribution in [1.29, 1.82) is 0 Å². The summed E-state index contributed by atoms with van der Waals surface area (Å²) in [7, 11) is 0. The molecule has 1 saturated carbocycles. The molecule has 1 aliphatic carbocycles. The van der Waals surface area contributed by atoms with Crippen LogP contribution >= 0.6 is 0 Å². The van der Waals surface area contributed by atoms with E-state index in [9.17, 15) is 14.7 Å². The van der Waals surface area contributed by atoms with Gasteiger partial charge in [-0.05, 0) is 38.5 Å². The minimum atomic E-state index is -1.17. The van der Waals surface area contributed by atoms with E-state index in [2.05, 4.69) is 5.32 Å². The molecule has 1 unspecified atom stereocenters. The minimum absolute atomic E-state index is 0.0295. The van der Waals surface area contributed by atoms with Crippen molar-refractivity contribution in [1.82, 2.24) is 5.32 Å². The summed E-state index contributed by atoms with van der Waals surface area (Å²) in [5, 5.41) is 11.9. The number of nitrogens with two attached hydrogens (primary N) is 1. The molecule has 17 heavy (non-hydrogen) atoms. The van der Waals surface area contributed by atoms with Gasteiger partial charge in [-0.1, -0.05) is 13.8 Å². The van der Waals surface area contributed by atoms with Gasteiger partial charge >= 0.3 is 5.97 Å². The summed E-state index contributed by atoms with van der Waals surface area (Å²) in [5.74, 6) is -1.32. The van der Waals surface area contributed by atoms with Crippen LogP contribution in [-0.2, 0) is 9.59 Å². The van der Waals surface area contributed by atoms with E-state index >= 15 is 0 Å². The van der Waals surface area contributed by atoms with Gasteiger partial charge in [-0.25, -0.2) is 4.79 Å². The van der Waals surface area contributed by atoms with Crippen molar-refractivity contribution in [3.8, 4) is 0 Å². The smallest absolute Gasteiger partial charge is 0.329 e. The van der Waals surface area contributed by atoms with E-state index in [1.807, 2.05) is 13.8 Å². The first-order valence-corrected chi connectivity index (χ1v) is 6.15. The molecule has 0 radical (unpaired) electrons. The molecule has 5 heteroatoms. The van der Waals surface area contributed by atoms with Gasteiger partial charge in [-0.2, -0.15) is 0 Å². The fourth-order valence-electron chi connectivity index (χ4n) is 1.92. The van der Waals surface area contributed by atoms with Gasteiger partial charge in [0, 0.05) is 0 Å². The number of nitrogens with one attached hydrogen (secondary N) is 1. The number of carbonyl (C=O) groups is 2. The third kappa shape index (κ3) is 2.60. The van der Waals surface area contributed by atoms with Gasteiger partial charge < -0.3 is 16.2 Å². The Morgan fingerprint density at radius 1 is 1.35 bits per heavy atom. The Labute approximate surface area is 102 Å². The molecule has 0 aromatic carbocycles. The number of hydrogen-bond acceptors (Lipinski definition) is 3. The Morgan fingerprint density at radius 2 is 1.82 bits per heavy atom. The highest BCUT2D eigenvalue weighted by atomic mass is 16.4. The topological polar surface area (TPSA) is 92.4 Å². The van der Waals surface area contributed by atoms with Gasteiger partial charge in [-0.3, -0.25) is 4.79 Å². The Morgan fingerprint density at radius 3 is 2.12 bits per heavy atom. The lowest BCUT2D eigenvalue weighted by Gasteiger charge is -2.32. The molecule has 1 aliphatic rings. The molecule has 0 aromatic heterocycles. The van der Waals surface area contributed by atoms with Crippen molar-refractivity contribution >= 4 is 11.9 Å². The number of amides is 1. The van der Waals surface area contributed by atoms with Gasteiger partial charge in [0.25, 0.3) is 0 Å². The van der Waals surface area contributed by atoms with Crippen LogP contribution in [0.1, 0.15) is 46.5 Å². The second kappa shape index (κ2) is 4.64. The first kappa shape index (κ1) is 14.0. The molecule has 0 heterocycles. The maximum absolute atomic E-state index is 12.1. The van der Waals surface area contributed by atoms with E-state index in [0.717, 1.165) is 12.8 Å². The molecule has 98 valence electrons. The van der Waals surface area contributed by atoms with Crippen molar-refractivity contribution in [2.24, 2.45) is 11.7 Å². The third-order valence-corrected chi connectivity index (χ3v) is 3.93. The summed E-state index contributed by atoms with van der Waals surface area (Å²) in [6, 6.07) is 0. The fraction of sp³-hybridized carbons (Fsp3) is 0.833. The largest absolute Gasteiger partial charge is 0.480 e. The summed E-state index contributed by atoms with van der Waals surface area (Å²) in [6.07, 6.45) is 2.68. The monoisotopic (exact) mass is 242 g/mol. The highest BCUT2D eigenvalue weighted by molar-refractivity contribution is 5.92. The van der Waals surface area contributed by atoms with Gasteiger partial charge in [0.2, 0.25) is 5.91 Å². The predicted molar refractivity (Wildman–Crippen MR) is 64.4 cm³/mol. The van der Waals surface area contributed by atoms with Crippen LogP contribution in [0, 0.1) is 5.92 Å². The van der Waals surface area contributed by atoms with Crippen LogP contribution in [0.2, 0.25) is 0 Å². The second-order valence-corrected chi connectivity index (χ2v) is 5.10. The van der Waals surface area contributed by atoms with Crippen molar-refractivity contribution in [2.75, 3.05) is 0 Å². The van der Waals surface area contributed by atoms with Crippen LogP contribution in [-0.4, -0.2) is 28.1 Å². The summed E-state index contributed by atoms with van der Waals surface area (Å²) in [4.78, 5) is 23.4. The Hall–Kier alpha value is -1.10. The van der Waals surface area contributed by atoms with E-state index in [1.165, 1.54) is 0 Å². The number of rotatable bonds is 6. The molecule has 1 fully saturated rings. The molecule has 0 aromatic rings. The summed E-state index contributed by atoms with van der Waals surface area (Å²) < 4.78 is 0. The molecule has 0 aliphatic heterocycles. The van der Waals surface area contributed by atoms with Crippen LogP contribution in [0.15, 0.2) is 0 Å². The summed E-state index contributed by atoms with van der Waals surface area (Å²) in [5.41, 5.74) is 3.82. The first-order valence-electron chi connectivity index (χ1n) is 6.15. The number of aliphatic carboxylic acids is 1. The highest BCUT2D eigenvalue weighted by Gasteiger charge is 2.50. The molecule has 0 saturated heterocycles. The normalized spacial score (nSPS) is 19.5. The number of carbonyl (C=O) groups excluding carboxylic acids is 1. The van der Waals surface area contributed by atoms with E-state index in [0.29, 0.717) is 12.8 Å². The Balaban J connectivity index is 2.81. The number of carboxylic acids is 1. The van der Waals surface area contributed by atoms with Crippen LogP contribution in [0.5, 0.6) is 0 Å². The van der Waals surface area contributed by atoms with E-state index in [1.54, 1.807) is 6.92 Å². The Bertz CT molecular complexity index is 322. The van der Waals surface area contributed by atoms with Gasteiger partial charge in [0.05, 0.1) is 5.54 Å². The van der Waals surface area contributed by atoms with Crippen molar-refractivity contribution in [2.45, 2.75) is 57.5 Å². The molecule has 0 bridgehead atoms. The average Bonchev–Trinajstić information content (AvgIpc) is 3.11. The molecule has 4 N–H and O–H groups in total. The average molecular weight is 242 g/mol. The molecule has 5 nitrogen and oxygen atoms in total. The van der Waals surface area contributed by atoms with Gasteiger partial charge in [0.1, 0.15) is 5.54 Å². The van der Waals surface area contributed by atoms with Crippen molar-refractivity contribution in [3.05, 3.63) is 0 Å². The molecule has 1 atom stereocenters. The SMILES string of the molecule is CCC(N)(CC)C(=O)NC(C)(C(=O)O)C1CC1. The predicted octanol–water partition coefficient (Wildman–Crippen LogP) is 0.873. The zero-order valence-corrected chi connectivity index (χ0v) is 10.7. The first-order chi connectivity index (χ1) is 7.80. The van der Waals surface area contributed by atoms with Gasteiger partial charge in [-0.15, -0.1) is 0 Å². The summed E-state index contributed by atoms with van der Waals surface area (Å²) in [6.45, 7) is 5.23. The van der Waals surface area contributed by atoms with Crippen LogP contribution < -0.4 is 11.1 Å². The molecular formula is C12H22N2O3. The van der Waals surface area contributed by atoms with Crippen molar-refractivity contribution in [3.63, 3.8) is 0 Å².